The molecule has 4 aromatic carbocycles. The molecule has 3 heterocycles. The van der Waals surface area contributed by atoms with Crippen molar-refractivity contribution in [3.8, 4) is 41.4 Å². The van der Waals surface area contributed by atoms with Crippen LogP contribution in [0.3, 0.4) is 0 Å². The van der Waals surface area contributed by atoms with Crippen molar-refractivity contribution >= 4 is 50.9 Å². The van der Waals surface area contributed by atoms with Crippen molar-refractivity contribution in [2.75, 3.05) is 17.2 Å². The molecule has 0 unspecified atom stereocenters. The van der Waals surface area contributed by atoms with Gasteiger partial charge in [0.15, 0.2) is 5.78 Å². The van der Waals surface area contributed by atoms with Gasteiger partial charge in [-0.05, 0) is 35.4 Å². The Kier molecular flexibility index (Phi) is 9.08. The minimum atomic E-state index is -0.365. The zero-order valence-corrected chi connectivity index (χ0v) is 27.5. The van der Waals surface area contributed by atoms with Gasteiger partial charge in [-0.25, -0.2) is 19.3 Å². The Bertz CT molecular complexity index is 2700. The van der Waals surface area contributed by atoms with E-state index in [4.69, 9.17) is 26.1 Å². The number of benzene rings is 4. The number of ketones is 1. The third-order valence-electron chi connectivity index (χ3n) is 7.96. The van der Waals surface area contributed by atoms with Gasteiger partial charge in [0.2, 0.25) is 11.8 Å². The Morgan fingerprint density at radius 2 is 1.40 bits per heavy atom. The number of furan rings is 1. The highest BCUT2D eigenvalue weighted by atomic mass is 16.5. The van der Waals surface area contributed by atoms with Crippen molar-refractivity contribution < 1.29 is 23.5 Å². The molecule has 0 atom stereocenters. The normalized spacial score (nSPS) is 11.0. The average molecular weight is 701 g/mol. The molecule has 0 saturated heterocycles. The van der Waals surface area contributed by atoms with Gasteiger partial charge in [0.25, 0.3) is 11.6 Å². The summed E-state index contributed by atoms with van der Waals surface area (Å²) in [5, 5.41) is 32.5. The van der Waals surface area contributed by atoms with Gasteiger partial charge in [-0.3, -0.25) is 14.4 Å². The number of fused-ring (bicyclic) bond motifs is 6. The third kappa shape index (κ3) is 7.01. The Balaban J connectivity index is 0.000000165. The lowest BCUT2D eigenvalue weighted by Crippen LogP contribution is -2.19. The Hall–Kier alpha value is -8.09. The van der Waals surface area contributed by atoms with Crippen LogP contribution in [0.4, 0.5) is 11.4 Å². The molecule has 256 valence electrons. The summed E-state index contributed by atoms with van der Waals surface area (Å²) in [4.78, 5) is 44.5. The van der Waals surface area contributed by atoms with E-state index in [0.29, 0.717) is 33.8 Å². The first-order chi connectivity index (χ1) is 25.8. The summed E-state index contributed by atoms with van der Waals surface area (Å²) in [5.41, 5.74) is 5.32. The molecule has 2 amide bonds. The summed E-state index contributed by atoms with van der Waals surface area (Å²) >= 11 is 0. The van der Waals surface area contributed by atoms with E-state index in [-0.39, 0.29) is 48.9 Å². The van der Waals surface area contributed by atoms with E-state index in [9.17, 15) is 14.4 Å². The SMILES string of the molecule is C#CCOc1cc2c(cc1NC(=O)Cn1cnc(C#N)n1)oc1ccccc12.N#Cc1ncn(CC(=O)Nc2ccc3c(c2)C(=O)c2ccccc2-3)n1. The standard InChI is InChI=1S/C20H13N5O3.C18H11N5O2/c1-2-7-27-18-8-14-13-5-3-4-6-16(13)28-17(14)9-15(18)23-20(26)11-25-12-22-19(10-21)24-25;19-8-16-20-10-23(22-16)9-17(24)21-11-5-6-13-12-3-1-2-4-14(12)18(25)15(13)7-11/h1,3-6,8-9,12H,7,11H2,(H,23,26);1-7,10H,9H2,(H,21,24). The highest BCUT2D eigenvalue weighted by molar-refractivity contribution is 6.22. The maximum Gasteiger partial charge on any atom is 0.252 e. The molecule has 15 heteroatoms. The number of hydrogen-bond acceptors (Lipinski definition) is 11. The van der Waals surface area contributed by atoms with Gasteiger partial charge >= 0.3 is 0 Å². The fourth-order valence-corrected chi connectivity index (χ4v) is 5.72. The van der Waals surface area contributed by atoms with E-state index in [2.05, 4.69) is 36.7 Å². The summed E-state index contributed by atoms with van der Waals surface area (Å²) in [6, 6.07) is 27.4. The largest absolute Gasteiger partial charge is 0.479 e. The van der Waals surface area contributed by atoms with Crippen LogP contribution in [0.1, 0.15) is 27.6 Å². The number of para-hydroxylation sites is 1. The molecule has 8 rings (SSSR count). The van der Waals surface area contributed by atoms with Gasteiger partial charge in [0.05, 0.1) is 5.69 Å². The number of nitriles is 2. The van der Waals surface area contributed by atoms with Crippen LogP contribution in [-0.4, -0.2) is 53.7 Å². The lowest BCUT2D eigenvalue weighted by Gasteiger charge is -2.11. The topological polar surface area (TPSA) is 207 Å². The minimum Gasteiger partial charge on any atom is -0.479 e. The minimum absolute atomic E-state index is 0.00506. The van der Waals surface area contributed by atoms with Crippen LogP contribution in [0.15, 0.2) is 95.9 Å². The maximum absolute atomic E-state index is 12.5. The first kappa shape index (κ1) is 33.4. The van der Waals surface area contributed by atoms with Crippen LogP contribution >= 0.6 is 0 Å². The van der Waals surface area contributed by atoms with Crippen LogP contribution in [-0.2, 0) is 22.7 Å². The molecule has 0 radical (unpaired) electrons. The molecule has 7 aromatic rings. The van der Waals surface area contributed by atoms with E-state index < -0.39 is 0 Å². The molecule has 0 saturated carbocycles. The molecule has 2 N–H and O–H groups in total. The van der Waals surface area contributed by atoms with Crippen LogP contribution in [0.25, 0.3) is 33.1 Å². The number of aromatic nitrogens is 6. The quantitative estimate of drug-likeness (QED) is 0.208. The number of ether oxygens (including phenoxy) is 1. The fourth-order valence-electron chi connectivity index (χ4n) is 5.72. The molecular weight excluding hydrogens is 676 g/mol. The summed E-state index contributed by atoms with van der Waals surface area (Å²) < 4.78 is 14.0. The van der Waals surface area contributed by atoms with Crippen LogP contribution in [0.2, 0.25) is 0 Å². The first-order valence-electron chi connectivity index (χ1n) is 15.8. The van der Waals surface area contributed by atoms with Crippen LogP contribution in [0, 0.1) is 35.0 Å². The van der Waals surface area contributed by atoms with E-state index in [0.717, 1.165) is 27.5 Å². The first-order valence-corrected chi connectivity index (χ1v) is 15.8. The molecular formula is C38H24N10O5. The second-order valence-corrected chi connectivity index (χ2v) is 11.4. The number of nitrogens with one attached hydrogen (secondary N) is 2. The predicted molar refractivity (Wildman–Crippen MR) is 190 cm³/mol. The molecule has 0 fully saturated rings. The van der Waals surface area contributed by atoms with Crippen molar-refractivity contribution in [1.29, 1.82) is 10.5 Å². The number of anilines is 2. The molecule has 53 heavy (non-hydrogen) atoms. The predicted octanol–water partition coefficient (Wildman–Crippen LogP) is 4.70. The van der Waals surface area contributed by atoms with Gasteiger partial charge in [0.1, 0.15) is 61.4 Å². The fraction of sp³-hybridized carbons (Fsp3) is 0.0789. The Morgan fingerprint density at radius 1 is 0.755 bits per heavy atom. The van der Waals surface area contributed by atoms with E-state index in [1.807, 2.05) is 54.6 Å². The van der Waals surface area contributed by atoms with Crippen molar-refractivity contribution in [3.05, 3.63) is 114 Å². The van der Waals surface area contributed by atoms with Gasteiger partial charge in [-0.2, -0.15) is 10.5 Å². The second-order valence-electron chi connectivity index (χ2n) is 11.4. The molecule has 0 bridgehead atoms. The highest BCUT2D eigenvalue weighted by Gasteiger charge is 2.26. The number of carbonyl (C=O) groups excluding carboxylic acids is 3. The van der Waals surface area contributed by atoms with Crippen molar-refractivity contribution in [1.82, 2.24) is 29.5 Å². The monoisotopic (exact) mass is 700 g/mol. The highest BCUT2D eigenvalue weighted by Crippen LogP contribution is 2.38. The van der Waals surface area contributed by atoms with Crippen molar-refractivity contribution in [2.45, 2.75) is 13.1 Å². The van der Waals surface area contributed by atoms with Crippen LogP contribution < -0.4 is 15.4 Å². The van der Waals surface area contributed by atoms with Gasteiger partial charge in [-0.1, -0.05) is 54.5 Å². The molecule has 0 aliphatic heterocycles. The van der Waals surface area contributed by atoms with Crippen molar-refractivity contribution in [3.63, 3.8) is 0 Å². The summed E-state index contributed by atoms with van der Waals surface area (Å²) in [7, 11) is 0. The van der Waals surface area contributed by atoms with Crippen LogP contribution in [0.5, 0.6) is 5.75 Å². The molecule has 15 nitrogen and oxygen atoms in total. The lowest BCUT2D eigenvalue weighted by atomic mass is 10.1. The number of amides is 2. The Morgan fingerprint density at radius 3 is 2.08 bits per heavy atom. The van der Waals surface area contributed by atoms with Gasteiger partial charge < -0.3 is 19.8 Å². The Labute approximate surface area is 300 Å². The third-order valence-corrected chi connectivity index (χ3v) is 7.96. The van der Waals surface area contributed by atoms with E-state index in [1.165, 1.54) is 22.0 Å². The van der Waals surface area contributed by atoms with Crippen molar-refractivity contribution in [2.24, 2.45) is 0 Å². The van der Waals surface area contributed by atoms with E-state index in [1.54, 1.807) is 36.4 Å². The smallest absolute Gasteiger partial charge is 0.252 e. The van der Waals surface area contributed by atoms with Gasteiger partial charge in [-0.15, -0.1) is 16.6 Å². The summed E-state index contributed by atoms with van der Waals surface area (Å²) in [6.45, 7) is -0.125. The number of nitrogens with zero attached hydrogens (tertiary/aromatic N) is 8. The molecule has 1 aliphatic carbocycles. The number of terminal acetylenes is 1. The maximum atomic E-state index is 12.5. The number of hydrogen-bond donors (Lipinski definition) is 2. The zero-order chi connectivity index (χ0) is 36.9. The summed E-state index contributed by atoms with van der Waals surface area (Å²) in [6.07, 6.45) is 7.94. The van der Waals surface area contributed by atoms with E-state index >= 15 is 0 Å². The average Bonchev–Trinajstić information content (AvgIpc) is 3.96. The lowest BCUT2D eigenvalue weighted by molar-refractivity contribution is -0.117. The molecule has 3 aromatic heterocycles. The summed E-state index contributed by atoms with van der Waals surface area (Å²) in [5.74, 6) is 2.12. The number of rotatable bonds is 8. The molecule has 0 spiro atoms. The van der Waals surface area contributed by atoms with Gasteiger partial charge in [0, 0.05) is 33.7 Å². The second kappa shape index (κ2) is 14.4. The zero-order valence-electron chi connectivity index (χ0n) is 27.5. The molecule has 1 aliphatic rings. The number of carbonyl (C=O) groups is 3.